The molecule has 0 bridgehead atoms. The van der Waals surface area contributed by atoms with Gasteiger partial charge in [-0.05, 0) is 12.8 Å². The lowest BCUT2D eigenvalue weighted by molar-refractivity contribution is 0.296. The van der Waals surface area contributed by atoms with Crippen LogP contribution in [0.1, 0.15) is 19.8 Å². The summed E-state index contributed by atoms with van der Waals surface area (Å²) in [5.74, 6) is 1.46. The summed E-state index contributed by atoms with van der Waals surface area (Å²) in [5.41, 5.74) is 0.745. The van der Waals surface area contributed by atoms with Crippen molar-refractivity contribution < 1.29 is 5.11 Å². The predicted octanol–water partition coefficient (Wildman–Crippen LogP) is 1.65. The molecule has 0 spiro atoms. The highest BCUT2D eigenvalue weighted by Gasteiger charge is 2.09. The first-order chi connectivity index (χ1) is 8.85. The van der Waals surface area contributed by atoms with Crippen LogP contribution < -0.4 is 5.32 Å². The van der Waals surface area contributed by atoms with Crippen LogP contribution in [0.15, 0.2) is 11.2 Å². The molecular formula is C11H17N5OS. The molecule has 2 aromatic rings. The Kier molecular flexibility index (Phi) is 4.77. The van der Waals surface area contributed by atoms with Gasteiger partial charge in [0.1, 0.15) is 5.03 Å². The molecule has 0 aliphatic rings. The van der Waals surface area contributed by atoms with Crippen molar-refractivity contribution in [3.63, 3.8) is 0 Å². The zero-order chi connectivity index (χ0) is 12.8. The lowest BCUT2D eigenvalue weighted by Crippen LogP contribution is -2.05. The van der Waals surface area contributed by atoms with Crippen LogP contribution in [-0.4, -0.2) is 44.2 Å². The van der Waals surface area contributed by atoms with Gasteiger partial charge in [0, 0.05) is 18.9 Å². The quantitative estimate of drug-likeness (QED) is 0.402. The number of thioether (sulfide) groups is 1. The molecule has 2 rings (SSSR count). The topological polar surface area (TPSA) is 86.7 Å². The summed E-state index contributed by atoms with van der Waals surface area (Å²) in [6.45, 7) is 3.15. The highest BCUT2D eigenvalue weighted by Crippen LogP contribution is 2.25. The van der Waals surface area contributed by atoms with E-state index in [1.54, 1.807) is 18.0 Å². The molecule has 7 heteroatoms. The molecule has 0 radical (unpaired) electrons. The fraction of sp³-hybridized carbons (Fsp3) is 0.545. The van der Waals surface area contributed by atoms with E-state index in [9.17, 15) is 0 Å². The second-order valence-corrected chi connectivity index (χ2v) is 4.92. The molecule has 0 aliphatic heterocycles. The highest BCUT2D eigenvalue weighted by molar-refractivity contribution is 7.99. The third-order valence-corrected chi connectivity index (χ3v) is 3.43. The number of aromatic nitrogens is 4. The van der Waals surface area contributed by atoms with Crippen LogP contribution in [0, 0.1) is 0 Å². The lowest BCUT2D eigenvalue weighted by atomic mass is 10.4. The van der Waals surface area contributed by atoms with Gasteiger partial charge in [0.2, 0.25) is 5.95 Å². The fourth-order valence-corrected chi connectivity index (χ4v) is 2.39. The van der Waals surface area contributed by atoms with Crippen molar-refractivity contribution in [2.24, 2.45) is 0 Å². The van der Waals surface area contributed by atoms with Crippen molar-refractivity contribution >= 4 is 28.7 Å². The molecule has 0 saturated carbocycles. The number of nitrogens with one attached hydrogen (secondary N) is 2. The monoisotopic (exact) mass is 267 g/mol. The molecule has 0 aliphatic carbocycles. The molecule has 2 aromatic heterocycles. The van der Waals surface area contributed by atoms with Crippen molar-refractivity contribution in [2.45, 2.75) is 24.8 Å². The van der Waals surface area contributed by atoms with Gasteiger partial charge in [-0.25, -0.2) is 4.98 Å². The smallest absolute Gasteiger partial charge is 0.225 e. The Bertz CT molecular complexity index is 501. The average Bonchev–Trinajstić information content (AvgIpc) is 2.85. The van der Waals surface area contributed by atoms with Gasteiger partial charge >= 0.3 is 0 Å². The number of aliphatic hydroxyl groups is 1. The summed E-state index contributed by atoms with van der Waals surface area (Å²) in [7, 11) is 0. The zero-order valence-corrected chi connectivity index (χ0v) is 11.1. The van der Waals surface area contributed by atoms with Gasteiger partial charge in [0.25, 0.3) is 0 Å². The standard InChI is InChI=1S/C11H17N5OS/c1-2-4-12-11-14-9-8(7-13-16-9)10(15-11)18-6-3-5-17/h7,17H,2-6H2,1H3,(H2,12,13,14,15,16). The first-order valence-corrected chi connectivity index (χ1v) is 7.02. The van der Waals surface area contributed by atoms with Crippen molar-refractivity contribution in [1.82, 2.24) is 20.2 Å². The minimum absolute atomic E-state index is 0.202. The van der Waals surface area contributed by atoms with E-state index in [0.717, 1.165) is 41.2 Å². The van der Waals surface area contributed by atoms with E-state index < -0.39 is 0 Å². The van der Waals surface area contributed by atoms with E-state index in [1.807, 2.05) is 0 Å². The Balaban J connectivity index is 2.21. The first-order valence-electron chi connectivity index (χ1n) is 6.03. The highest BCUT2D eigenvalue weighted by atomic mass is 32.2. The summed E-state index contributed by atoms with van der Waals surface area (Å²) in [4.78, 5) is 8.84. The van der Waals surface area contributed by atoms with Crippen LogP contribution in [-0.2, 0) is 0 Å². The molecule has 2 heterocycles. The van der Waals surface area contributed by atoms with Crippen molar-refractivity contribution in [3.8, 4) is 0 Å². The van der Waals surface area contributed by atoms with Crippen molar-refractivity contribution in [1.29, 1.82) is 0 Å². The Labute approximate surface area is 110 Å². The predicted molar refractivity (Wildman–Crippen MR) is 72.9 cm³/mol. The molecule has 0 fully saturated rings. The lowest BCUT2D eigenvalue weighted by Gasteiger charge is -2.06. The molecule has 0 atom stereocenters. The molecule has 0 unspecified atom stereocenters. The Morgan fingerprint density at radius 3 is 3.11 bits per heavy atom. The van der Waals surface area contributed by atoms with Crippen LogP contribution in [0.3, 0.4) is 0 Å². The number of rotatable bonds is 7. The SMILES string of the molecule is CCCNc1nc(SCCCO)c2cn[nH]c2n1. The first kappa shape index (κ1) is 13.1. The summed E-state index contributed by atoms with van der Waals surface area (Å²) in [5, 5.41) is 20.7. The van der Waals surface area contributed by atoms with Gasteiger partial charge in [-0.15, -0.1) is 11.8 Å². The number of hydrogen-bond acceptors (Lipinski definition) is 6. The van der Waals surface area contributed by atoms with E-state index in [-0.39, 0.29) is 6.61 Å². The number of fused-ring (bicyclic) bond motifs is 1. The molecule has 3 N–H and O–H groups in total. The van der Waals surface area contributed by atoms with Crippen LogP contribution in [0.5, 0.6) is 0 Å². The largest absolute Gasteiger partial charge is 0.396 e. The maximum Gasteiger partial charge on any atom is 0.225 e. The third kappa shape index (κ3) is 3.11. The van der Waals surface area contributed by atoms with Gasteiger partial charge in [-0.1, -0.05) is 6.92 Å². The van der Waals surface area contributed by atoms with E-state index in [0.29, 0.717) is 5.95 Å². The van der Waals surface area contributed by atoms with E-state index >= 15 is 0 Å². The van der Waals surface area contributed by atoms with Gasteiger partial charge < -0.3 is 10.4 Å². The molecule has 0 amide bonds. The Morgan fingerprint density at radius 2 is 2.33 bits per heavy atom. The number of aliphatic hydroxyl groups excluding tert-OH is 1. The normalized spacial score (nSPS) is 11.0. The Hall–Kier alpha value is -1.34. The van der Waals surface area contributed by atoms with Gasteiger partial charge in [-0.2, -0.15) is 10.1 Å². The average molecular weight is 267 g/mol. The summed E-state index contributed by atoms with van der Waals surface area (Å²) >= 11 is 1.62. The van der Waals surface area contributed by atoms with Gasteiger partial charge in [-0.3, -0.25) is 5.10 Å². The summed E-state index contributed by atoms with van der Waals surface area (Å²) in [6.07, 6.45) is 3.52. The number of anilines is 1. The summed E-state index contributed by atoms with van der Waals surface area (Å²) in [6, 6.07) is 0. The zero-order valence-electron chi connectivity index (χ0n) is 10.3. The molecule has 0 aromatic carbocycles. The van der Waals surface area contributed by atoms with E-state index in [2.05, 4.69) is 32.4 Å². The second kappa shape index (κ2) is 6.55. The van der Waals surface area contributed by atoms with Crippen molar-refractivity contribution in [2.75, 3.05) is 24.2 Å². The molecular weight excluding hydrogens is 250 g/mol. The van der Waals surface area contributed by atoms with Crippen LogP contribution in [0.25, 0.3) is 11.0 Å². The number of nitrogens with zero attached hydrogens (tertiary/aromatic N) is 3. The minimum atomic E-state index is 0.202. The molecule has 18 heavy (non-hydrogen) atoms. The van der Waals surface area contributed by atoms with E-state index in [4.69, 9.17) is 5.11 Å². The number of H-pyrrole nitrogens is 1. The maximum atomic E-state index is 8.81. The van der Waals surface area contributed by atoms with Crippen LogP contribution >= 0.6 is 11.8 Å². The molecule has 98 valence electrons. The minimum Gasteiger partial charge on any atom is -0.396 e. The number of hydrogen-bond donors (Lipinski definition) is 3. The van der Waals surface area contributed by atoms with E-state index in [1.165, 1.54) is 0 Å². The van der Waals surface area contributed by atoms with Crippen molar-refractivity contribution in [3.05, 3.63) is 6.20 Å². The molecule has 0 saturated heterocycles. The number of aromatic amines is 1. The van der Waals surface area contributed by atoms with Gasteiger partial charge in [0.15, 0.2) is 5.65 Å². The van der Waals surface area contributed by atoms with Crippen LogP contribution in [0.4, 0.5) is 5.95 Å². The second-order valence-electron chi connectivity index (χ2n) is 3.84. The van der Waals surface area contributed by atoms with Crippen LogP contribution in [0.2, 0.25) is 0 Å². The maximum absolute atomic E-state index is 8.81. The fourth-order valence-electron chi connectivity index (χ4n) is 1.47. The van der Waals surface area contributed by atoms with Gasteiger partial charge in [0.05, 0.1) is 11.6 Å². The third-order valence-electron chi connectivity index (χ3n) is 2.35. The molecule has 6 nitrogen and oxygen atoms in total. The summed E-state index contributed by atoms with van der Waals surface area (Å²) < 4.78 is 0. The Morgan fingerprint density at radius 1 is 1.44 bits per heavy atom.